The summed E-state index contributed by atoms with van der Waals surface area (Å²) in [5, 5.41) is 5.86. The number of benzene rings is 3. The van der Waals surface area contributed by atoms with E-state index in [4.69, 9.17) is 4.42 Å². The minimum absolute atomic E-state index is 0.118. The van der Waals surface area contributed by atoms with E-state index in [9.17, 15) is 27.0 Å². The summed E-state index contributed by atoms with van der Waals surface area (Å²) < 4.78 is 64.0. The Hall–Kier alpha value is -3.91. The molecule has 2 aliphatic rings. The fourth-order valence-electron chi connectivity index (χ4n) is 5.83. The molecule has 2 atom stereocenters. The molecule has 6 rings (SSSR count). The number of hydrogen-bond acceptors (Lipinski definition) is 7. The third-order valence-corrected chi connectivity index (χ3v) is 10.2. The standard InChI is InChI=1S/C30H29FN4O6S2/c1-32-30(37)28-23-14-22(25(34-42(2)38)15-26(23)41-29(28)17-5-7-20(31)8-6-17)18-4-3-11-35(16-18)43(39,40)21-9-10-24-19(12-21)13-27(36)33-24/h5-10,12,14-15,18,34H,3-4,11,13,16H2,1-2H3,(H,32,37)(H,33,36)/t18-,42?/m1/s1. The summed E-state index contributed by atoms with van der Waals surface area (Å²) in [7, 11) is -2.38. The normalized spacial score (nSPS) is 17.9. The first kappa shape index (κ1) is 29.2. The van der Waals surface area contributed by atoms with Gasteiger partial charge in [-0.25, -0.2) is 17.5 Å². The molecule has 224 valence electrons. The summed E-state index contributed by atoms with van der Waals surface area (Å²) in [5.74, 6) is -1.04. The van der Waals surface area contributed by atoms with Crippen molar-refractivity contribution in [2.75, 3.05) is 36.4 Å². The van der Waals surface area contributed by atoms with E-state index in [0.29, 0.717) is 58.4 Å². The number of anilines is 2. The molecule has 1 aromatic heterocycles. The van der Waals surface area contributed by atoms with E-state index in [1.165, 1.54) is 47.9 Å². The highest BCUT2D eigenvalue weighted by Crippen LogP contribution is 2.41. The molecule has 3 aromatic carbocycles. The van der Waals surface area contributed by atoms with Crippen LogP contribution in [0.2, 0.25) is 0 Å². The largest absolute Gasteiger partial charge is 0.593 e. The maximum Gasteiger partial charge on any atom is 0.255 e. The highest BCUT2D eigenvalue weighted by Gasteiger charge is 2.34. The summed E-state index contributed by atoms with van der Waals surface area (Å²) >= 11 is -1.46. The maximum absolute atomic E-state index is 13.7. The number of furan rings is 1. The van der Waals surface area contributed by atoms with Gasteiger partial charge < -0.3 is 19.6 Å². The summed E-state index contributed by atoms with van der Waals surface area (Å²) in [6.45, 7) is 0.479. The number of carbonyl (C=O) groups excluding carboxylic acids is 2. The van der Waals surface area contributed by atoms with Gasteiger partial charge in [-0.3, -0.25) is 9.59 Å². The van der Waals surface area contributed by atoms with Crippen LogP contribution in [0.5, 0.6) is 0 Å². The second-order valence-electron chi connectivity index (χ2n) is 10.6. The highest BCUT2D eigenvalue weighted by atomic mass is 32.2. The van der Waals surface area contributed by atoms with Crippen LogP contribution in [-0.2, 0) is 32.6 Å². The van der Waals surface area contributed by atoms with Crippen molar-refractivity contribution in [3.8, 4) is 11.3 Å². The zero-order valence-electron chi connectivity index (χ0n) is 23.4. The molecule has 2 aliphatic heterocycles. The molecule has 1 saturated heterocycles. The number of fused-ring (bicyclic) bond motifs is 2. The van der Waals surface area contributed by atoms with Crippen molar-refractivity contribution in [1.82, 2.24) is 9.62 Å². The molecule has 0 saturated carbocycles. The van der Waals surface area contributed by atoms with Gasteiger partial charge in [0, 0.05) is 42.8 Å². The van der Waals surface area contributed by atoms with Crippen LogP contribution < -0.4 is 15.4 Å². The molecule has 1 fully saturated rings. The fraction of sp³-hybridized carbons (Fsp3) is 0.267. The van der Waals surface area contributed by atoms with E-state index in [-0.39, 0.29) is 41.0 Å². The quantitative estimate of drug-likeness (QED) is 0.259. The van der Waals surface area contributed by atoms with Crippen molar-refractivity contribution in [2.24, 2.45) is 0 Å². The average Bonchev–Trinajstić information content (AvgIpc) is 3.55. The first-order chi connectivity index (χ1) is 20.5. The van der Waals surface area contributed by atoms with Gasteiger partial charge in [-0.2, -0.15) is 4.31 Å². The van der Waals surface area contributed by atoms with Crippen LogP contribution in [-0.4, -0.2) is 55.5 Å². The van der Waals surface area contributed by atoms with Crippen LogP contribution in [0.25, 0.3) is 22.3 Å². The van der Waals surface area contributed by atoms with Gasteiger partial charge in [-0.05, 0) is 78.4 Å². The number of hydrogen-bond donors (Lipinski definition) is 3. The van der Waals surface area contributed by atoms with Crippen LogP contribution in [0.4, 0.5) is 15.8 Å². The SMILES string of the molecule is CNC(=O)c1c(-c2ccc(F)cc2)oc2cc(N[S+](C)[O-])c([C@@H]3CCCN(S(=O)(=O)c4ccc5c(c4)CC(=O)N5)C3)cc12. The molecule has 3 N–H and O–H groups in total. The van der Waals surface area contributed by atoms with Crippen molar-refractivity contribution in [3.05, 3.63) is 77.1 Å². The molecular weight excluding hydrogens is 595 g/mol. The van der Waals surface area contributed by atoms with Crippen molar-refractivity contribution < 1.29 is 31.4 Å². The zero-order valence-corrected chi connectivity index (χ0v) is 25.0. The Morgan fingerprint density at radius 2 is 1.93 bits per heavy atom. The number of piperidine rings is 1. The predicted octanol–water partition coefficient (Wildman–Crippen LogP) is 4.37. The van der Waals surface area contributed by atoms with Crippen molar-refractivity contribution in [3.63, 3.8) is 0 Å². The Balaban J connectivity index is 1.41. The van der Waals surface area contributed by atoms with Gasteiger partial charge in [0.25, 0.3) is 5.91 Å². The number of sulfonamides is 1. The fourth-order valence-corrected chi connectivity index (χ4v) is 7.89. The lowest BCUT2D eigenvalue weighted by atomic mass is 9.89. The van der Waals surface area contributed by atoms with E-state index in [0.717, 1.165) is 0 Å². The van der Waals surface area contributed by atoms with Crippen LogP contribution in [0.3, 0.4) is 0 Å². The van der Waals surface area contributed by atoms with Crippen LogP contribution in [0, 0.1) is 5.82 Å². The smallest absolute Gasteiger partial charge is 0.255 e. The van der Waals surface area contributed by atoms with E-state index < -0.39 is 33.1 Å². The van der Waals surface area contributed by atoms with Gasteiger partial charge in [-0.1, -0.05) is 0 Å². The molecule has 0 bridgehead atoms. The second-order valence-corrected chi connectivity index (χ2v) is 13.7. The van der Waals surface area contributed by atoms with Gasteiger partial charge in [0.2, 0.25) is 15.9 Å². The molecular formula is C30H29FN4O6S2. The Morgan fingerprint density at radius 3 is 2.65 bits per heavy atom. The number of nitrogens with one attached hydrogen (secondary N) is 3. The first-order valence-corrected chi connectivity index (χ1v) is 16.7. The molecule has 43 heavy (non-hydrogen) atoms. The van der Waals surface area contributed by atoms with E-state index in [2.05, 4.69) is 15.4 Å². The molecule has 2 amide bonds. The van der Waals surface area contributed by atoms with Crippen molar-refractivity contribution in [2.45, 2.75) is 30.1 Å². The molecule has 3 heterocycles. The van der Waals surface area contributed by atoms with E-state index in [1.807, 2.05) is 0 Å². The Morgan fingerprint density at radius 1 is 1.16 bits per heavy atom. The van der Waals surface area contributed by atoms with Gasteiger partial charge in [-0.15, -0.1) is 0 Å². The van der Waals surface area contributed by atoms with E-state index >= 15 is 0 Å². The number of rotatable bonds is 7. The highest BCUT2D eigenvalue weighted by molar-refractivity contribution is 7.92. The Bertz CT molecular complexity index is 1860. The van der Waals surface area contributed by atoms with Gasteiger partial charge >= 0.3 is 0 Å². The topological polar surface area (TPSA) is 144 Å². The van der Waals surface area contributed by atoms with Gasteiger partial charge in [0.15, 0.2) is 0 Å². The van der Waals surface area contributed by atoms with Crippen molar-refractivity contribution in [1.29, 1.82) is 0 Å². The number of amides is 2. The lowest BCUT2D eigenvalue weighted by molar-refractivity contribution is -0.115. The minimum atomic E-state index is -3.88. The van der Waals surface area contributed by atoms with Gasteiger partial charge in [0.1, 0.15) is 23.4 Å². The molecule has 0 aliphatic carbocycles. The predicted molar refractivity (Wildman–Crippen MR) is 162 cm³/mol. The average molecular weight is 625 g/mol. The lowest BCUT2D eigenvalue weighted by Crippen LogP contribution is -2.39. The monoisotopic (exact) mass is 624 g/mol. The molecule has 10 nitrogen and oxygen atoms in total. The number of halogens is 1. The third kappa shape index (κ3) is 5.49. The second kappa shape index (κ2) is 11.3. The molecule has 0 radical (unpaired) electrons. The minimum Gasteiger partial charge on any atom is -0.593 e. The molecule has 1 unspecified atom stereocenters. The lowest BCUT2D eigenvalue weighted by Gasteiger charge is -2.33. The van der Waals surface area contributed by atoms with E-state index in [1.54, 1.807) is 24.3 Å². The van der Waals surface area contributed by atoms with Crippen LogP contribution in [0.1, 0.15) is 40.2 Å². The Labute approximate surface area is 251 Å². The van der Waals surface area contributed by atoms with Crippen molar-refractivity contribution >= 4 is 55.5 Å². The summed E-state index contributed by atoms with van der Waals surface area (Å²) in [6.07, 6.45) is 2.85. The molecule has 13 heteroatoms. The number of carbonyl (C=O) groups is 2. The summed E-state index contributed by atoms with van der Waals surface area (Å²) in [6, 6.07) is 13.7. The number of nitrogens with zero attached hydrogens (tertiary/aromatic N) is 1. The summed E-state index contributed by atoms with van der Waals surface area (Å²) in [4.78, 5) is 25.0. The summed E-state index contributed by atoms with van der Waals surface area (Å²) in [5.41, 5.74) is 3.58. The van der Waals surface area contributed by atoms with Crippen LogP contribution >= 0.6 is 0 Å². The first-order valence-electron chi connectivity index (χ1n) is 13.7. The Kier molecular flexibility index (Phi) is 7.67. The maximum atomic E-state index is 13.7. The zero-order chi connectivity index (χ0) is 30.5. The van der Waals surface area contributed by atoms with Crippen LogP contribution in [0.15, 0.2) is 63.9 Å². The third-order valence-electron chi connectivity index (χ3n) is 7.84. The molecule has 4 aromatic rings. The van der Waals surface area contributed by atoms with Gasteiger partial charge in [0.05, 0.1) is 33.9 Å². The molecule has 0 spiro atoms.